The maximum absolute atomic E-state index is 15.0. The van der Waals surface area contributed by atoms with Gasteiger partial charge in [-0.15, -0.1) is 0 Å². The number of hydrogen-bond donors (Lipinski definition) is 1. The number of esters is 1. The summed E-state index contributed by atoms with van der Waals surface area (Å²) in [5, 5.41) is 3.03. The number of fused-ring (bicyclic) bond motifs is 1. The lowest BCUT2D eigenvalue weighted by molar-refractivity contribution is -0.144. The molecule has 5 rings (SSSR count). The molecule has 4 aromatic rings. The number of pyridine rings is 2. The summed E-state index contributed by atoms with van der Waals surface area (Å²) in [5.41, 5.74) is 4.96. The third-order valence-electron chi connectivity index (χ3n) is 8.67. The molecule has 4 heterocycles. The number of rotatable bonds is 13. The Kier molecular flexibility index (Phi) is 10.5. The fourth-order valence-electron chi connectivity index (χ4n) is 6.34. The van der Waals surface area contributed by atoms with Gasteiger partial charge < -0.3 is 19.0 Å². The van der Waals surface area contributed by atoms with Crippen molar-refractivity contribution in [3.05, 3.63) is 93.5 Å². The Bertz CT molecular complexity index is 1790. The molecule has 0 bridgehead atoms. The Hall–Kier alpha value is -4.38. The Morgan fingerprint density at radius 3 is 2.51 bits per heavy atom. The van der Waals surface area contributed by atoms with Crippen molar-refractivity contribution in [2.75, 3.05) is 26.2 Å². The fraction of sp³-hybridized carbons (Fsp3) is 0.444. The van der Waals surface area contributed by atoms with E-state index < -0.39 is 41.5 Å². The van der Waals surface area contributed by atoms with Crippen LogP contribution in [0.15, 0.2) is 59.9 Å². The van der Waals surface area contributed by atoms with Crippen molar-refractivity contribution in [2.24, 2.45) is 5.92 Å². The smallest absolute Gasteiger partial charge is 0.308 e. The molecular formula is C36H43F2N5O4. The minimum Gasteiger partial charge on any atom is -0.466 e. The molecule has 9 nitrogen and oxygen atoms in total. The van der Waals surface area contributed by atoms with Crippen LogP contribution in [0.1, 0.15) is 68.0 Å². The van der Waals surface area contributed by atoms with Crippen molar-refractivity contribution < 1.29 is 23.1 Å². The average molecular weight is 648 g/mol. The first-order chi connectivity index (χ1) is 22.4. The predicted octanol–water partition coefficient (Wildman–Crippen LogP) is 5.51. The number of amides is 1. The highest BCUT2D eigenvalue weighted by Crippen LogP contribution is 2.33. The summed E-state index contributed by atoms with van der Waals surface area (Å²) in [4.78, 5) is 46.8. The van der Waals surface area contributed by atoms with E-state index in [2.05, 4.69) is 10.3 Å². The number of halogens is 2. The molecule has 1 aliphatic rings. The third kappa shape index (κ3) is 7.78. The molecule has 1 fully saturated rings. The number of benzene rings is 1. The van der Waals surface area contributed by atoms with Crippen LogP contribution in [0.3, 0.4) is 0 Å². The number of nitrogens with one attached hydrogen (secondary N) is 1. The second-order valence-corrected chi connectivity index (χ2v) is 12.8. The van der Waals surface area contributed by atoms with Crippen molar-refractivity contribution in [2.45, 2.75) is 72.1 Å². The fourth-order valence-corrected chi connectivity index (χ4v) is 6.34. The van der Waals surface area contributed by atoms with Gasteiger partial charge in [-0.25, -0.2) is 13.8 Å². The minimum absolute atomic E-state index is 0.0200. The first-order valence-corrected chi connectivity index (χ1v) is 16.2. The highest BCUT2D eigenvalue weighted by Gasteiger charge is 2.30. The van der Waals surface area contributed by atoms with E-state index >= 15 is 4.39 Å². The highest BCUT2D eigenvalue weighted by molar-refractivity contribution is 5.84. The summed E-state index contributed by atoms with van der Waals surface area (Å²) < 4.78 is 36.7. The Balaban J connectivity index is 1.53. The number of likely N-dealkylation sites (tertiary alicyclic amines) is 1. The van der Waals surface area contributed by atoms with Crippen LogP contribution in [-0.4, -0.2) is 63.1 Å². The molecule has 1 N–H and O–H groups in total. The van der Waals surface area contributed by atoms with Gasteiger partial charge in [0.2, 0.25) is 5.91 Å². The second-order valence-electron chi connectivity index (χ2n) is 12.8. The van der Waals surface area contributed by atoms with Gasteiger partial charge in [-0.3, -0.25) is 19.3 Å². The molecule has 250 valence electrons. The van der Waals surface area contributed by atoms with Gasteiger partial charge in [-0.05, 0) is 79.5 Å². The zero-order valence-corrected chi connectivity index (χ0v) is 27.6. The largest absolute Gasteiger partial charge is 0.466 e. The summed E-state index contributed by atoms with van der Waals surface area (Å²) in [7, 11) is 0. The van der Waals surface area contributed by atoms with Crippen LogP contribution < -0.4 is 10.9 Å². The highest BCUT2D eigenvalue weighted by atomic mass is 19.1. The van der Waals surface area contributed by atoms with Gasteiger partial charge in [-0.2, -0.15) is 0 Å². The van der Waals surface area contributed by atoms with Crippen LogP contribution in [0.25, 0.3) is 16.8 Å². The van der Waals surface area contributed by atoms with E-state index in [0.717, 1.165) is 32.5 Å². The van der Waals surface area contributed by atoms with Crippen molar-refractivity contribution in [3.8, 4) is 11.1 Å². The van der Waals surface area contributed by atoms with Gasteiger partial charge in [0.15, 0.2) is 5.82 Å². The number of nitrogens with zero attached hydrogens (tertiary/aromatic N) is 4. The van der Waals surface area contributed by atoms with Crippen molar-refractivity contribution in [1.82, 2.24) is 24.2 Å². The predicted molar refractivity (Wildman–Crippen MR) is 176 cm³/mol. The molecule has 0 saturated carbocycles. The van der Waals surface area contributed by atoms with Crippen molar-refractivity contribution >= 4 is 17.5 Å². The lowest BCUT2D eigenvalue weighted by atomic mass is 9.93. The van der Waals surface area contributed by atoms with Gasteiger partial charge >= 0.3 is 5.97 Å². The molecular weight excluding hydrogens is 604 g/mol. The van der Waals surface area contributed by atoms with Crippen LogP contribution in [0.5, 0.6) is 0 Å². The first kappa shape index (κ1) is 34.0. The van der Waals surface area contributed by atoms with Gasteiger partial charge in [0.05, 0.1) is 19.1 Å². The quantitative estimate of drug-likeness (QED) is 0.192. The standard InChI is InChI=1S/C36H43F2N5O4/c1-6-47-32(44)17-30(26-16-28(34-39-11-13-42(34)19-26)33-23(4)8-7-9-24(33)5)40-35(45)31(14-22(2)3)43-18-25(15-29(38)36(43)46)10-12-41-20-27(37)21-41/h7-9,11,13,15-16,18-19,22,27,30-31H,6,10,12,14,17,20-21H2,1-5H3,(H,40,45)/t30?,31-/m0/s1. The third-order valence-corrected chi connectivity index (χ3v) is 8.67. The Morgan fingerprint density at radius 1 is 1.13 bits per heavy atom. The van der Waals surface area contributed by atoms with Crippen LogP contribution in [0.4, 0.5) is 8.78 Å². The van der Waals surface area contributed by atoms with Gasteiger partial charge in [0, 0.05) is 50.0 Å². The lowest BCUT2D eigenvalue weighted by Crippen LogP contribution is -2.49. The lowest BCUT2D eigenvalue weighted by Gasteiger charge is -2.34. The summed E-state index contributed by atoms with van der Waals surface area (Å²) in [6.45, 7) is 11.0. The molecule has 1 saturated heterocycles. The molecule has 1 aromatic carbocycles. The van der Waals surface area contributed by atoms with Crippen LogP contribution in [0, 0.1) is 25.6 Å². The summed E-state index contributed by atoms with van der Waals surface area (Å²) >= 11 is 0. The maximum Gasteiger partial charge on any atom is 0.308 e. The SMILES string of the molecule is CCOC(=O)CC(NC(=O)[C@H](CC(C)C)n1cc(CCN2CC(F)C2)cc(F)c1=O)c1cc(-c2c(C)cccc2C)c2nccn2c1. The average Bonchev–Trinajstić information content (AvgIpc) is 3.48. The molecule has 2 atom stereocenters. The Morgan fingerprint density at radius 2 is 1.85 bits per heavy atom. The van der Waals surface area contributed by atoms with Crippen LogP contribution in [0.2, 0.25) is 0 Å². The van der Waals surface area contributed by atoms with Crippen LogP contribution in [-0.2, 0) is 20.7 Å². The van der Waals surface area contributed by atoms with Crippen molar-refractivity contribution in [3.63, 3.8) is 0 Å². The molecule has 3 aromatic heterocycles. The van der Waals surface area contributed by atoms with Gasteiger partial charge in [-0.1, -0.05) is 32.0 Å². The number of aryl methyl sites for hydroxylation is 2. The first-order valence-electron chi connectivity index (χ1n) is 16.2. The normalized spacial score (nSPS) is 15.1. The van der Waals surface area contributed by atoms with E-state index in [-0.39, 0.29) is 25.4 Å². The summed E-state index contributed by atoms with van der Waals surface area (Å²) in [6.07, 6.45) is 6.50. The summed E-state index contributed by atoms with van der Waals surface area (Å²) in [5.74, 6) is -1.99. The van der Waals surface area contributed by atoms with Gasteiger partial charge in [0.25, 0.3) is 5.56 Å². The molecule has 11 heteroatoms. The number of hydrogen-bond acceptors (Lipinski definition) is 6. The van der Waals surface area contributed by atoms with Gasteiger partial charge in [0.1, 0.15) is 17.9 Å². The summed E-state index contributed by atoms with van der Waals surface area (Å²) in [6, 6.07) is 7.29. The second kappa shape index (κ2) is 14.6. The van der Waals surface area contributed by atoms with E-state index in [1.165, 1.54) is 12.3 Å². The van der Waals surface area contributed by atoms with Crippen LogP contribution >= 0.6 is 0 Å². The number of alkyl halides is 1. The Labute approximate surface area is 273 Å². The van der Waals surface area contributed by atoms with E-state index in [4.69, 9.17) is 4.74 Å². The zero-order valence-electron chi connectivity index (χ0n) is 27.6. The van der Waals surface area contributed by atoms with E-state index in [1.807, 2.05) is 73.7 Å². The molecule has 1 unspecified atom stereocenters. The number of carbonyl (C=O) groups excluding carboxylic acids is 2. The number of imidazole rings is 1. The van der Waals surface area contributed by atoms with E-state index in [0.29, 0.717) is 37.2 Å². The molecule has 0 radical (unpaired) electrons. The molecule has 0 spiro atoms. The minimum atomic E-state index is -1.05. The number of ether oxygens (including phenoxy) is 1. The van der Waals surface area contributed by atoms with E-state index in [1.54, 1.807) is 13.1 Å². The number of carbonyl (C=O) groups is 2. The molecule has 0 aliphatic carbocycles. The maximum atomic E-state index is 15.0. The monoisotopic (exact) mass is 647 g/mol. The van der Waals surface area contributed by atoms with E-state index in [9.17, 15) is 18.8 Å². The topological polar surface area (TPSA) is 97.9 Å². The van der Waals surface area contributed by atoms with Crippen molar-refractivity contribution in [1.29, 1.82) is 0 Å². The molecule has 47 heavy (non-hydrogen) atoms. The zero-order chi connectivity index (χ0) is 33.8. The molecule has 1 amide bonds. The number of aromatic nitrogens is 3. The molecule has 1 aliphatic heterocycles.